The molecule has 0 aliphatic rings. The minimum absolute atomic E-state index is 0.108. The van der Waals surface area contributed by atoms with Crippen LogP contribution in [0.25, 0.3) is 0 Å². The number of carbonyl (C=O) groups is 4. The smallest absolute Gasteiger partial charge is 0.462 e. The largest absolute Gasteiger partial charge is 0.472 e. The van der Waals surface area contributed by atoms with Crippen LogP contribution >= 0.6 is 15.6 Å². The number of hydrogen-bond acceptors (Lipinski definition) is 15. The van der Waals surface area contributed by atoms with E-state index in [2.05, 4.69) is 48.5 Å². The van der Waals surface area contributed by atoms with E-state index >= 15 is 0 Å². The Hall–Kier alpha value is -1.94. The van der Waals surface area contributed by atoms with Gasteiger partial charge in [0.05, 0.1) is 26.4 Å². The zero-order valence-corrected chi connectivity index (χ0v) is 76.7. The Balaban J connectivity index is 5.24. The van der Waals surface area contributed by atoms with Gasteiger partial charge in [0.25, 0.3) is 0 Å². The summed E-state index contributed by atoms with van der Waals surface area (Å²) in [6, 6.07) is 0. The van der Waals surface area contributed by atoms with Crippen molar-refractivity contribution in [2.24, 2.45) is 17.8 Å². The van der Waals surface area contributed by atoms with E-state index < -0.39 is 97.5 Å². The second-order valence-corrected chi connectivity index (χ2v) is 38.1. The number of carbonyl (C=O) groups excluding carboxylic acids is 4. The SMILES string of the molecule is CCCCCCCCCCCCCCCCCCCCCCCC(=O)OC[C@H](COP(=O)(O)OC[C@@H](O)COP(=O)(O)OC[C@@H](COC(=O)CCCCCCCCCCCC(C)C)OC(=O)CCCCCCCCCCCCCCCCCCC(C)C)OC(=O)CCCCCCCCCCCCCCCCCCCCC(C)C. The van der Waals surface area contributed by atoms with E-state index in [0.29, 0.717) is 25.7 Å². The first-order valence-corrected chi connectivity index (χ1v) is 51.3. The number of unbranched alkanes of at least 4 members (excludes halogenated alkanes) is 60. The summed E-state index contributed by atoms with van der Waals surface area (Å²) in [5.41, 5.74) is 0. The van der Waals surface area contributed by atoms with Crippen LogP contribution in [0.4, 0.5) is 0 Å². The molecule has 0 fully saturated rings. The standard InChI is InChI=1S/C94H184O17P2/c1-8-9-10-11-12-13-14-15-16-17-18-19-20-24-30-35-40-47-54-61-68-75-91(96)104-81-89(110-93(98)77-70-63-56-48-41-36-31-25-22-21-23-28-33-38-44-51-58-65-72-85(2)3)83-108-112(100,101)106-79-88(95)80-107-113(102,103)109-84-90(82-105-92(97)76-69-62-55-50-43-46-53-60-67-74-87(6)7)111-94(99)78-71-64-57-49-42-37-32-27-26-29-34-39-45-52-59-66-73-86(4)5/h85-90,95H,8-84H2,1-7H3,(H,100,101)(H,102,103)/t88-,89-,90-/m1/s1. The Labute approximate surface area is 696 Å². The molecule has 0 radical (unpaired) electrons. The quantitative estimate of drug-likeness (QED) is 0.0222. The van der Waals surface area contributed by atoms with Gasteiger partial charge in [0.2, 0.25) is 0 Å². The van der Waals surface area contributed by atoms with Crippen LogP contribution in [0, 0.1) is 17.8 Å². The third-order valence-electron chi connectivity index (χ3n) is 22.1. The zero-order chi connectivity index (χ0) is 82.9. The van der Waals surface area contributed by atoms with Gasteiger partial charge in [-0.25, -0.2) is 9.13 Å². The molecule has 5 atom stereocenters. The van der Waals surface area contributed by atoms with Gasteiger partial charge in [0.15, 0.2) is 12.2 Å². The molecule has 0 spiro atoms. The Morgan fingerprint density at radius 3 is 0.602 bits per heavy atom. The van der Waals surface area contributed by atoms with Gasteiger partial charge in [-0.1, -0.05) is 453 Å². The number of hydrogen-bond donors (Lipinski definition) is 3. The zero-order valence-electron chi connectivity index (χ0n) is 74.9. The van der Waals surface area contributed by atoms with E-state index in [1.807, 2.05) is 0 Å². The van der Waals surface area contributed by atoms with Crippen LogP contribution in [0.2, 0.25) is 0 Å². The molecule has 0 aromatic rings. The molecule has 0 rings (SSSR count). The molecular weight excluding hydrogens is 1460 g/mol. The number of aliphatic hydroxyl groups is 1. The molecule has 0 saturated heterocycles. The van der Waals surface area contributed by atoms with Crippen molar-refractivity contribution in [3.8, 4) is 0 Å². The fourth-order valence-corrected chi connectivity index (χ4v) is 16.4. The predicted molar refractivity (Wildman–Crippen MR) is 469 cm³/mol. The molecule has 0 bridgehead atoms. The van der Waals surface area contributed by atoms with Crippen LogP contribution in [-0.4, -0.2) is 96.7 Å². The monoisotopic (exact) mass is 1650 g/mol. The normalized spacial score (nSPS) is 13.7. The average Bonchev–Trinajstić information content (AvgIpc) is 0.898. The van der Waals surface area contributed by atoms with Crippen LogP contribution in [0.5, 0.6) is 0 Å². The minimum atomic E-state index is -4.97. The van der Waals surface area contributed by atoms with E-state index in [9.17, 15) is 43.2 Å². The summed E-state index contributed by atoms with van der Waals surface area (Å²) >= 11 is 0. The Morgan fingerprint density at radius 2 is 0.407 bits per heavy atom. The molecular formula is C94H184O17P2. The highest BCUT2D eigenvalue weighted by molar-refractivity contribution is 7.47. The molecule has 0 aromatic heterocycles. The van der Waals surface area contributed by atoms with Crippen molar-refractivity contribution in [2.45, 2.75) is 523 Å². The molecule has 2 unspecified atom stereocenters. The Morgan fingerprint density at radius 1 is 0.239 bits per heavy atom. The minimum Gasteiger partial charge on any atom is -0.462 e. The highest BCUT2D eigenvalue weighted by Crippen LogP contribution is 2.45. The molecule has 19 heteroatoms. The third-order valence-corrected chi connectivity index (χ3v) is 24.0. The van der Waals surface area contributed by atoms with Gasteiger partial charge in [0.1, 0.15) is 19.3 Å². The van der Waals surface area contributed by atoms with Crippen molar-refractivity contribution in [3.63, 3.8) is 0 Å². The number of aliphatic hydroxyl groups excluding tert-OH is 1. The molecule has 0 amide bonds. The average molecular weight is 1650 g/mol. The van der Waals surface area contributed by atoms with Crippen LogP contribution in [0.15, 0.2) is 0 Å². The van der Waals surface area contributed by atoms with Crippen molar-refractivity contribution in [3.05, 3.63) is 0 Å². The summed E-state index contributed by atoms with van der Waals surface area (Å²) < 4.78 is 69.2. The number of phosphoric acid groups is 2. The van der Waals surface area contributed by atoms with Crippen molar-refractivity contribution in [1.29, 1.82) is 0 Å². The maximum atomic E-state index is 13.2. The number of esters is 4. The van der Waals surface area contributed by atoms with Gasteiger partial charge in [-0.3, -0.25) is 37.3 Å². The van der Waals surface area contributed by atoms with E-state index in [0.717, 1.165) is 108 Å². The Kier molecular flexibility index (Phi) is 82.3. The van der Waals surface area contributed by atoms with Crippen LogP contribution < -0.4 is 0 Å². The maximum Gasteiger partial charge on any atom is 0.472 e. The molecule has 113 heavy (non-hydrogen) atoms. The summed E-state index contributed by atoms with van der Waals surface area (Å²) in [5, 5.41) is 10.7. The second kappa shape index (κ2) is 83.7. The highest BCUT2D eigenvalue weighted by Gasteiger charge is 2.31. The van der Waals surface area contributed by atoms with Gasteiger partial charge in [-0.2, -0.15) is 0 Å². The van der Waals surface area contributed by atoms with E-state index in [1.54, 1.807) is 0 Å². The number of ether oxygens (including phenoxy) is 4. The predicted octanol–water partition coefficient (Wildman–Crippen LogP) is 29.2. The molecule has 0 aliphatic heterocycles. The van der Waals surface area contributed by atoms with Crippen LogP contribution in [0.1, 0.15) is 504 Å². The lowest BCUT2D eigenvalue weighted by Gasteiger charge is -2.21. The molecule has 0 aliphatic carbocycles. The van der Waals surface area contributed by atoms with Crippen molar-refractivity contribution < 1.29 is 80.2 Å². The molecule has 672 valence electrons. The fourth-order valence-electron chi connectivity index (χ4n) is 14.8. The van der Waals surface area contributed by atoms with Crippen LogP contribution in [-0.2, 0) is 65.4 Å². The first kappa shape index (κ1) is 111. The first-order chi connectivity index (χ1) is 54.7. The Bertz CT molecular complexity index is 2170. The van der Waals surface area contributed by atoms with Gasteiger partial charge >= 0.3 is 39.5 Å². The fraction of sp³-hybridized carbons (Fsp3) is 0.957. The summed E-state index contributed by atoms with van der Waals surface area (Å²) in [6.45, 7) is 12.1. The molecule has 0 saturated carbocycles. The molecule has 0 aromatic carbocycles. The van der Waals surface area contributed by atoms with E-state index in [4.69, 9.17) is 37.0 Å². The van der Waals surface area contributed by atoms with E-state index in [1.165, 1.54) is 315 Å². The van der Waals surface area contributed by atoms with Crippen molar-refractivity contribution in [2.75, 3.05) is 39.6 Å². The van der Waals surface area contributed by atoms with Gasteiger partial charge in [-0.15, -0.1) is 0 Å². The van der Waals surface area contributed by atoms with Crippen LogP contribution in [0.3, 0.4) is 0 Å². The lowest BCUT2D eigenvalue weighted by atomic mass is 10.0. The van der Waals surface area contributed by atoms with Gasteiger partial charge < -0.3 is 33.8 Å². The van der Waals surface area contributed by atoms with Gasteiger partial charge in [0, 0.05) is 25.7 Å². The van der Waals surface area contributed by atoms with E-state index in [-0.39, 0.29) is 25.7 Å². The molecule has 17 nitrogen and oxygen atoms in total. The maximum absolute atomic E-state index is 13.2. The van der Waals surface area contributed by atoms with Crippen molar-refractivity contribution in [1.82, 2.24) is 0 Å². The molecule has 0 heterocycles. The van der Waals surface area contributed by atoms with Gasteiger partial charge in [-0.05, 0) is 43.4 Å². The first-order valence-electron chi connectivity index (χ1n) is 48.3. The third kappa shape index (κ3) is 87.7. The summed E-state index contributed by atoms with van der Waals surface area (Å²) in [4.78, 5) is 73.5. The number of rotatable bonds is 92. The summed E-state index contributed by atoms with van der Waals surface area (Å²) in [6.07, 6.45) is 78.0. The highest BCUT2D eigenvalue weighted by atomic mass is 31.2. The van der Waals surface area contributed by atoms with Crippen molar-refractivity contribution >= 4 is 39.5 Å². The molecule has 3 N–H and O–H groups in total. The summed E-state index contributed by atoms with van der Waals surface area (Å²) in [7, 11) is -9.94. The lowest BCUT2D eigenvalue weighted by molar-refractivity contribution is -0.161. The number of phosphoric ester groups is 2. The topological polar surface area (TPSA) is 237 Å². The lowest BCUT2D eigenvalue weighted by Crippen LogP contribution is -2.30. The summed E-state index contributed by atoms with van der Waals surface area (Å²) in [5.74, 6) is 0.278. The second-order valence-electron chi connectivity index (χ2n) is 35.2.